The molecular weight excluding hydrogens is 183 g/mol. The summed E-state index contributed by atoms with van der Waals surface area (Å²) in [5.74, 6) is 0.487. The predicted molar refractivity (Wildman–Crippen MR) is 49.5 cm³/mol. The molecule has 0 radical (unpaired) electrons. The van der Waals surface area contributed by atoms with E-state index in [9.17, 15) is 4.39 Å². The number of halogens is 1. The number of nitrogens with zero attached hydrogens (tertiary/aromatic N) is 3. The van der Waals surface area contributed by atoms with Crippen LogP contribution in [0.2, 0.25) is 0 Å². The molecule has 0 saturated heterocycles. The minimum absolute atomic E-state index is 0.324. The van der Waals surface area contributed by atoms with E-state index >= 15 is 0 Å². The molecule has 70 valence electrons. The molecule has 0 unspecified atom stereocenters. The first-order valence-electron chi connectivity index (χ1n) is 4.00. The van der Waals surface area contributed by atoms with Gasteiger partial charge in [0.25, 0.3) is 0 Å². The molecular formula is C9H7FN4. The van der Waals surface area contributed by atoms with Gasteiger partial charge in [0.05, 0.1) is 12.4 Å². The van der Waals surface area contributed by atoms with E-state index in [-0.39, 0.29) is 0 Å². The summed E-state index contributed by atoms with van der Waals surface area (Å²) in [6.45, 7) is 0. The third kappa shape index (κ3) is 2.01. The van der Waals surface area contributed by atoms with Crippen LogP contribution in [0.3, 0.4) is 0 Å². The minimum Gasteiger partial charge on any atom is -0.309 e. The smallest absolute Gasteiger partial charge is 0.228 e. The maximum absolute atomic E-state index is 12.5. The van der Waals surface area contributed by atoms with Crippen molar-refractivity contribution >= 4 is 11.8 Å². The standard InChI is InChI=1S/C9H7FN4/c10-7-5-12-9(13-6-7)14-8-3-1-2-4-11-8/h1-6H,(H,11,12,13,14). The highest BCUT2D eigenvalue weighted by molar-refractivity contribution is 5.46. The van der Waals surface area contributed by atoms with Crippen LogP contribution in [-0.4, -0.2) is 15.0 Å². The van der Waals surface area contributed by atoms with Crippen molar-refractivity contribution in [1.82, 2.24) is 15.0 Å². The molecule has 2 heterocycles. The van der Waals surface area contributed by atoms with Gasteiger partial charge in [-0.1, -0.05) is 6.07 Å². The molecule has 0 atom stereocenters. The molecule has 0 spiro atoms. The van der Waals surface area contributed by atoms with Crippen LogP contribution >= 0.6 is 0 Å². The number of hydrogen-bond donors (Lipinski definition) is 1. The zero-order valence-corrected chi connectivity index (χ0v) is 7.18. The Hall–Kier alpha value is -2.04. The summed E-state index contributed by atoms with van der Waals surface area (Å²) in [5, 5.41) is 2.83. The van der Waals surface area contributed by atoms with Crippen molar-refractivity contribution in [1.29, 1.82) is 0 Å². The molecule has 4 nitrogen and oxygen atoms in total. The van der Waals surface area contributed by atoms with Gasteiger partial charge in [-0.2, -0.15) is 0 Å². The zero-order chi connectivity index (χ0) is 9.80. The van der Waals surface area contributed by atoms with E-state index in [0.717, 1.165) is 12.4 Å². The Kier molecular flexibility index (Phi) is 2.31. The van der Waals surface area contributed by atoms with Crippen LogP contribution in [0.15, 0.2) is 36.8 Å². The average Bonchev–Trinajstić information content (AvgIpc) is 2.23. The Balaban J connectivity index is 2.16. The summed E-state index contributed by atoms with van der Waals surface area (Å²) in [6.07, 6.45) is 3.84. The van der Waals surface area contributed by atoms with Crippen molar-refractivity contribution in [3.63, 3.8) is 0 Å². The molecule has 0 aliphatic rings. The van der Waals surface area contributed by atoms with E-state index in [1.165, 1.54) is 0 Å². The summed E-state index contributed by atoms with van der Waals surface area (Å²) in [7, 11) is 0. The number of anilines is 2. The van der Waals surface area contributed by atoms with Gasteiger partial charge in [0.15, 0.2) is 5.82 Å². The lowest BCUT2D eigenvalue weighted by molar-refractivity contribution is 0.614. The van der Waals surface area contributed by atoms with Gasteiger partial charge in [-0.3, -0.25) is 0 Å². The van der Waals surface area contributed by atoms with Gasteiger partial charge in [-0.15, -0.1) is 0 Å². The Morgan fingerprint density at radius 2 is 1.86 bits per heavy atom. The average molecular weight is 190 g/mol. The maximum Gasteiger partial charge on any atom is 0.228 e. The second kappa shape index (κ2) is 3.78. The maximum atomic E-state index is 12.5. The quantitative estimate of drug-likeness (QED) is 0.783. The Labute approximate surface area is 79.9 Å². The van der Waals surface area contributed by atoms with Crippen molar-refractivity contribution in [2.45, 2.75) is 0 Å². The second-order valence-electron chi connectivity index (χ2n) is 2.56. The van der Waals surface area contributed by atoms with Gasteiger partial charge >= 0.3 is 0 Å². The first kappa shape index (κ1) is 8.55. The lowest BCUT2D eigenvalue weighted by Gasteiger charge is -2.01. The molecule has 0 fully saturated rings. The van der Waals surface area contributed by atoms with E-state index in [1.807, 2.05) is 6.07 Å². The van der Waals surface area contributed by atoms with Gasteiger partial charge in [0.1, 0.15) is 5.82 Å². The summed E-state index contributed by atoms with van der Waals surface area (Å²) < 4.78 is 12.5. The van der Waals surface area contributed by atoms with Crippen molar-refractivity contribution in [2.75, 3.05) is 5.32 Å². The van der Waals surface area contributed by atoms with Crippen molar-refractivity contribution in [3.05, 3.63) is 42.6 Å². The van der Waals surface area contributed by atoms with Gasteiger partial charge < -0.3 is 5.32 Å². The number of rotatable bonds is 2. The lowest BCUT2D eigenvalue weighted by atomic mass is 10.5. The van der Waals surface area contributed by atoms with Crippen LogP contribution < -0.4 is 5.32 Å². The fourth-order valence-electron chi connectivity index (χ4n) is 0.928. The normalized spacial score (nSPS) is 9.79. The molecule has 1 N–H and O–H groups in total. The molecule has 2 rings (SSSR count). The van der Waals surface area contributed by atoms with Crippen molar-refractivity contribution < 1.29 is 4.39 Å². The monoisotopic (exact) mass is 190 g/mol. The first-order valence-corrected chi connectivity index (χ1v) is 4.00. The molecule has 0 saturated carbocycles. The molecule has 0 aliphatic carbocycles. The third-order valence-corrected chi connectivity index (χ3v) is 1.53. The fraction of sp³-hybridized carbons (Fsp3) is 0. The minimum atomic E-state index is -0.462. The molecule has 0 aliphatic heterocycles. The van der Waals surface area contributed by atoms with Gasteiger partial charge in [0, 0.05) is 6.20 Å². The van der Waals surface area contributed by atoms with E-state index in [0.29, 0.717) is 11.8 Å². The Bertz CT molecular complexity index is 401. The topological polar surface area (TPSA) is 50.7 Å². The van der Waals surface area contributed by atoms with Gasteiger partial charge in [0.2, 0.25) is 5.95 Å². The van der Waals surface area contributed by atoms with Crippen LogP contribution in [0, 0.1) is 5.82 Å². The Morgan fingerprint density at radius 1 is 1.07 bits per heavy atom. The SMILES string of the molecule is Fc1cnc(Nc2ccccn2)nc1. The van der Waals surface area contributed by atoms with E-state index in [1.54, 1.807) is 18.3 Å². The molecule has 0 bridgehead atoms. The summed E-state index contributed by atoms with van der Waals surface area (Å²) in [6, 6.07) is 5.41. The molecule has 0 amide bonds. The van der Waals surface area contributed by atoms with Crippen LogP contribution in [0.4, 0.5) is 16.2 Å². The predicted octanol–water partition coefficient (Wildman–Crippen LogP) is 1.75. The van der Waals surface area contributed by atoms with Crippen LogP contribution in [0.1, 0.15) is 0 Å². The molecule has 5 heteroatoms. The second-order valence-corrected chi connectivity index (χ2v) is 2.56. The van der Waals surface area contributed by atoms with Crippen LogP contribution in [0.25, 0.3) is 0 Å². The summed E-state index contributed by atoms with van der Waals surface area (Å²) in [5.41, 5.74) is 0. The first-order chi connectivity index (χ1) is 6.84. The largest absolute Gasteiger partial charge is 0.309 e. The summed E-state index contributed by atoms with van der Waals surface area (Å²) in [4.78, 5) is 11.5. The molecule has 14 heavy (non-hydrogen) atoms. The van der Waals surface area contributed by atoms with Crippen molar-refractivity contribution in [2.24, 2.45) is 0 Å². The number of nitrogens with one attached hydrogen (secondary N) is 1. The molecule has 2 aromatic heterocycles. The van der Waals surface area contributed by atoms with Crippen molar-refractivity contribution in [3.8, 4) is 0 Å². The highest BCUT2D eigenvalue weighted by Gasteiger charge is 1.97. The number of pyridine rings is 1. The third-order valence-electron chi connectivity index (χ3n) is 1.53. The van der Waals surface area contributed by atoms with Gasteiger partial charge in [-0.05, 0) is 12.1 Å². The fourth-order valence-corrected chi connectivity index (χ4v) is 0.928. The highest BCUT2D eigenvalue weighted by atomic mass is 19.1. The highest BCUT2D eigenvalue weighted by Crippen LogP contribution is 2.07. The molecule has 0 aromatic carbocycles. The summed E-state index contributed by atoms with van der Waals surface area (Å²) >= 11 is 0. The Morgan fingerprint density at radius 3 is 2.50 bits per heavy atom. The number of aromatic nitrogens is 3. The van der Waals surface area contributed by atoms with Crippen LogP contribution in [-0.2, 0) is 0 Å². The lowest BCUT2D eigenvalue weighted by Crippen LogP contribution is -1.98. The van der Waals surface area contributed by atoms with E-state index < -0.39 is 5.82 Å². The van der Waals surface area contributed by atoms with Gasteiger partial charge in [-0.25, -0.2) is 19.3 Å². The van der Waals surface area contributed by atoms with E-state index in [2.05, 4.69) is 20.3 Å². The van der Waals surface area contributed by atoms with Crippen LogP contribution in [0.5, 0.6) is 0 Å². The molecule has 2 aromatic rings. The zero-order valence-electron chi connectivity index (χ0n) is 7.18. The number of hydrogen-bond acceptors (Lipinski definition) is 4. The van der Waals surface area contributed by atoms with E-state index in [4.69, 9.17) is 0 Å².